The molecule has 2 N–H and O–H groups in total. The Morgan fingerprint density at radius 2 is 2.08 bits per heavy atom. The van der Waals surface area contributed by atoms with Crippen molar-refractivity contribution in [3.8, 4) is 0 Å². The monoisotopic (exact) mass is 491 g/mol. The maximum Gasteiger partial charge on any atom is 0.319 e. The predicted octanol–water partition coefficient (Wildman–Crippen LogP) is 5.85. The van der Waals surface area contributed by atoms with Gasteiger partial charge in [-0.3, -0.25) is 9.78 Å². The Morgan fingerprint density at radius 3 is 2.89 bits per heavy atom. The molecule has 1 aromatic carbocycles. The number of nitrogens with zero attached hydrogens (tertiary/aromatic N) is 1. The largest absolute Gasteiger partial charge is 0.466 e. The van der Waals surface area contributed by atoms with Crippen LogP contribution in [0.15, 0.2) is 42.7 Å². The molecule has 3 aliphatic carbocycles. The summed E-state index contributed by atoms with van der Waals surface area (Å²) in [5, 5.41) is 5.61. The van der Waals surface area contributed by atoms with E-state index in [0.29, 0.717) is 24.4 Å². The number of anilines is 1. The zero-order valence-electron chi connectivity index (χ0n) is 21.0. The Bertz CT molecular complexity index is 1200. The molecule has 4 atom stereocenters. The number of urea groups is 1. The Labute approximate surface area is 211 Å². The summed E-state index contributed by atoms with van der Waals surface area (Å²) in [6.45, 7) is 4.70. The van der Waals surface area contributed by atoms with Crippen molar-refractivity contribution >= 4 is 23.3 Å². The molecular formula is C29H34FN3O3. The molecule has 0 aliphatic heterocycles. The number of amides is 2. The number of aromatic nitrogens is 1. The zero-order valence-corrected chi connectivity index (χ0v) is 21.0. The lowest BCUT2D eigenvalue weighted by Crippen LogP contribution is -2.41. The van der Waals surface area contributed by atoms with Gasteiger partial charge in [-0.25, -0.2) is 9.18 Å². The summed E-state index contributed by atoms with van der Waals surface area (Å²) < 4.78 is 18.8. The van der Waals surface area contributed by atoms with Crippen LogP contribution in [0.3, 0.4) is 0 Å². The Kier molecular flexibility index (Phi) is 6.82. The van der Waals surface area contributed by atoms with E-state index in [1.807, 2.05) is 6.07 Å². The van der Waals surface area contributed by atoms with Gasteiger partial charge in [-0.05, 0) is 103 Å². The van der Waals surface area contributed by atoms with Gasteiger partial charge in [0.1, 0.15) is 5.82 Å². The summed E-state index contributed by atoms with van der Waals surface area (Å²) >= 11 is 0. The molecule has 5 rings (SSSR count). The number of carbonyl (C=O) groups excluding carboxylic acids is 2. The fourth-order valence-corrected chi connectivity index (χ4v) is 6.92. The molecule has 0 radical (unpaired) electrons. The highest BCUT2D eigenvalue weighted by molar-refractivity contribution is 5.89. The number of halogens is 1. The average molecular weight is 492 g/mol. The molecule has 6 nitrogen and oxygen atoms in total. The maximum atomic E-state index is 13.9. The van der Waals surface area contributed by atoms with Gasteiger partial charge in [-0.15, -0.1) is 0 Å². The van der Waals surface area contributed by atoms with Crippen molar-refractivity contribution in [3.05, 3.63) is 65.2 Å². The summed E-state index contributed by atoms with van der Waals surface area (Å²) in [4.78, 5) is 27.8. The SMILES string of the molecule is CCOC(=O)CCNC(=O)Nc1ccc2c(c1)CC[C@@H]1C2CC[C@]2(C)C(c3cncc(F)c3)=CCC12. The van der Waals surface area contributed by atoms with Gasteiger partial charge in [-0.1, -0.05) is 19.1 Å². The van der Waals surface area contributed by atoms with E-state index in [1.165, 1.54) is 22.9 Å². The van der Waals surface area contributed by atoms with E-state index >= 15 is 0 Å². The standard InChI is InChI=1S/C29H34FN3O3/c1-3-36-27(34)11-13-32-28(35)33-21-5-7-22-18(15-21)4-6-24-23(22)10-12-29(2)25(8-9-26(24)29)19-14-20(30)17-31-16-19/h5,7-8,14-17,23-24,26H,3-4,6,9-13H2,1-2H3,(H2,32,33,35)/t23?,24-,26?,29-/m1/s1. The van der Waals surface area contributed by atoms with Gasteiger partial charge in [0.15, 0.2) is 0 Å². The van der Waals surface area contributed by atoms with Gasteiger partial charge < -0.3 is 15.4 Å². The van der Waals surface area contributed by atoms with Gasteiger partial charge in [0.2, 0.25) is 0 Å². The van der Waals surface area contributed by atoms with Crippen molar-refractivity contribution in [1.82, 2.24) is 10.3 Å². The molecule has 1 saturated carbocycles. The highest BCUT2D eigenvalue weighted by Crippen LogP contribution is 2.63. The van der Waals surface area contributed by atoms with E-state index in [2.05, 4.69) is 40.8 Å². The smallest absolute Gasteiger partial charge is 0.319 e. The number of pyridine rings is 1. The highest BCUT2D eigenvalue weighted by Gasteiger charge is 2.51. The number of carbonyl (C=O) groups is 2. The Morgan fingerprint density at radius 1 is 1.22 bits per heavy atom. The first-order chi connectivity index (χ1) is 17.4. The first kappa shape index (κ1) is 24.5. The van der Waals surface area contributed by atoms with Crippen LogP contribution in [0.4, 0.5) is 14.9 Å². The van der Waals surface area contributed by atoms with Crippen molar-refractivity contribution in [3.63, 3.8) is 0 Å². The van der Waals surface area contributed by atoms with Gasteiger partial charge in [0.05, 0.1) is 19.2 Å². The van der Waals surface area contributed by atoms with Gasteiger partial charge in [0.25, 0.3) is 0 Å². The number of rotatable bonds is 6. The van der Waals surface area contributed by atoms with Crippen molar-refractivity contribution in [1.29, 1.82) is 0 Å². The van der Waals surface area contributed by atoms with Crippen LogP contribution >= 0.6 is 0 Å². The predicted molar refractivity (Wildman–Crippen MR) is 137 cm³/mol. The molecule has 7 heteroatoms. The van der Waals surface area contributed by atoms with Crippen LogP contribution in [-0.2, 0) is 16.0 Å². The minimum atomic E-state index is -0.322. The van der Waals surface area contributed by atoms with Crippen LogP contribution in [-0.4, -0.2) is 30.1 Å². The quantitative estimate of drug-likeness (QED) is 0.497. The molecule has 0 bridgehead atoms. The molecule has 1 aromatic heterocycles. The molecule has 3 aliphatic rings. The minimum Gasteiger partial charge on any atom is -0.466 e. The van der Waals surface area contributed by atoms with Crippen LogP contribution in [0, 0.1) is 23.1 Å². The third kappa shape index (κ3) is 4.63. The van der Waals surface area contributed by atoms with Gasteiger partial charge in [-0.2, -0.15) is 0 Å². The number of hydrogen-bond acceptors (Lipinski definition) is 4. The van der Waals surface area contributed by atoms with E-state index in [0.717, 1.165) is 43.4 Å². The lowest BCUT2D eigenvalue weighted by atomic mass is 9.54. The number of hydrogen-bond donors (Lipinski definition) is 2. The van der Waals surface area contributed by atoms with Crippen molar-refractivity contribution in [2.24, 2.45) is 17.3 Å². The van der Waals surface area contributed by atoms with Crippen LogP contribution in [0.5, 0.6) is 0 Å². The average Bonchev–Trinajstić information content (AvgIpc) is 3.21. The molecule has 190 valence electrons. The molecular weight excluding hydrogens is 457 g/mol. The van der Waals surface area contributed by atoms with Crippen LogP contribution in [0.1, 0.15) is 68.6 Å². The normalized spacial score (nSPS) is 26.2. The number of aryl methyl sites for hydroxylation is 1. The fraction of sp³-hybridized carbons (Fsp3) is 0.483. The number of ether oxygens (including phenoxy) is 1. The maximum absolute atomic E-state index is 13.9. The van der Waals surface area contributed by atoms with Gasteiger partial charge >= 0.3 is 12.0 Å². The number of esters is 1. The third-order valence-corrected chi connectivity index (χ3v) is 8.50. The summed E-state index contributed by atoms with van der Waals surface area (Å²) in [5.74, 6) is 1.06. The highest BCUT2D eigenvalue weighted by atomic mass is 19.1. The second-order valence-electron chi connectivity index (χ2n) is 10.5. The Hall–Kier alpha value is -3.22. The Balaban J connectivity index is 1.25. The van der Waals surface area contributed by atoms with E-state index in [-0.39, 0.29) is 36.2 Å². The molecule has 2 amide bonds. The molecule has 1 fully saturated rings. The molecule has 1 heterocycles. The van der Waals surface area contributed by atoms with Crippen molar-refractivity contribution < 1.29 is 18.7 Å². The van der Waals surface area contributed by atoms with Crippen molar-refractivity contribution in [2.75, 3.05) is 18.5 Å². The van der Waals surface area contributed by atoms with E-state index in [4.69, 9.17) is 4.74 Å². The van der Waals surface area contributed by atoms with Gasteiger partial charge in [0, 0.05) is 18.4 Å². The number of nitrogens with one attached hydrogen (secondary N) is 2. The molecule has 0 saturated heterocycles. The van der Waals surface area contributed by atoms with E-state index in [1.54, 1.807) is 19.2 Å². The first-order valence-corrected chi connectivity index (χ1v) is 13.0. The van der Waals surface area contributed by atoms with Crippen LogP contribution in [0.25, 0.3) is 5.57 Å². The molecule has 2 aromatic rings. The van der Waals surface area contributed by atoms with Crippen LogP contribution < -0.4 is 10.6 Å². The first-order valence-electron chi connectivity index (χ1n) is 13.0. The lowest BCUT2D eigenvalue weighted by Gasteiger charge is -2.50. The molecule has 36 heavy (non-hydrogen) atoms. The summed E-state index contributed by atoms with van der Waals surface area (Å²) in [6, 6.07) is 7.56. The minimum absolute atomic E-state index is 0.0529. The van der Waals surface area contributed by atoms with E-state index in [9.17, 15) is 14.0 Å². The third-order valence-electron chi connectivity index (χ3n) is 8.50. The second kappa shape index (κ2) is 10.0. The summed E-state index contributed by atoms with van der Waals surface area (Å²) in [5.41, 5.74) is 5.72. The second-order valence-corrected chi connectivity index (χ2v) is 10.5. The van der Waals surface area contributed by atoms with E-state index < -0.39 is 0 Å². The summed E-state index contributed by atoms with van der Waals surface area (Å²) in [7, 11) is 0. The van der Waals surface area contributed by atoms with Crippen molar-refractivity contribution in [2.45, 2.75) is 58.3 Å². The fourth-order valence-electron chi connectivity index (χ4n) is 6.92. The molecule has 0 spiro atoms. The van der Waals surface area contributed by atoms with Crippen LogP contribution in [0.2, 0.25) is 0 Å². The number of allylic oxidation sites excluding steroid dienone is 2. The summed E-state index contributed by atoms with van der Waals surface area (Å²) in [6.07, 6.45) is 10.9. The molecule has 2 unspecified atom stereocenters. The topological polar surface area (TPSA) is 80.3 Å². The lowest BCUT2D eigenvalue weighted by molar-refractivity contribution is -0.142. The zero-order chi connectivity index (χ0) is 25.3. The number of benzene rings is 1. The number of fused-ring (bicyclic) bond motifs is 5.